The average molecular weight is 356 g/mol. The molecule has 0 aliphatic rings. The monoisotopic (exact) mass is 355 g/mol. The molecule has 0 amide bonds. The van der Waals surface area contributed by atoms with Gasteiger partial charge in [0.2, 0.25) is 0 Å². The van der Waals surface area contributed by atoms with E-state index in [0.29, 0.717) is 12.2 Å². The smallest absolute Gasteiger partial charge is 0.142 e. The highest BCUT2D eigenvalue weighted by Gasteiger charge is 2.14. The summed E-state index contributed by atoms with van der Waals surface area (Å²) in [5, 5.41) is 0.883. The molecule has 0 spiro atoms. The number of benzene rings is 1. The highest BCUT2D eigenvalue weighted by molar-refractivity contribution is 8.00. The van der Waals surface area contributed by atoms with Crippen molar-refractivity contribution in [2.75, 3.05) is 12.9 Å². The molecule has 0 aliphatic carbocycles. The Morgan fingerprint density at radius 2 is 2.00 bits per heavy atom. The number of carbonyl (C=O) groups excluding carboxylic acids is 1. The second-order valence-corrected chi connectivity index (χ2v) is 6.71. The second-order valence-electron chi connectivity index (χ2n) is 5.74. The van der Waals surface area contributed by atoms with Gasteiger partial charge < -0.3 is 4.74 Å². The molecule has 0 aliphatic heterocycles. The topological polar surface area (TPSA) is 39.2 Å². The summed E-state index contributed by atoms with van der Waals surface area (Å²) in [5.41, 5.74) is 4.23. The van der Waals surface area contributed by atoms with E-state index < -0.39 is 0 Å². The molecule has 0 N–H and O–H groups in total. The summed E-state index contributed by atoms with van der Waals surface area (Å²) in [6.45, 7) is 8.00. The van der Waals surface area contributed by atoms with Gasteiger partial charge in [0.15, 0.2) is 0 Å². The molecule has 2 rings (SSSR count). The summed E-state index contributed by atoms with van der Waals surface area (Å²) >= 11 is 1.50. The summed E-state index contributed by atoms with van der Waals surface area (Å²) in [7, 11) is 1.66. The van der Waals surface area contributed by atoms with Crippen LogP contribution in [0.3, 0.4) is 0 Å². The Morgan fingerprint density at radius 3 is 2.56 bits per heavy atom. The Labute approximate surface area is 154 Å². The third kappa shape index (κ3) is 4.95. The maximum atomic E-state index is 11.7. The van der Waals surface area contributed by atoms with Crippen LogP contribution in [0.2, 0.25) is 0 Å². The first-order valence-corrected chi connectivity index (χ1v) is 9.56. The van der Waals surface area contributed by atoms with Crippen LogP contribution in [0.25, 0.3) is 17.2 Å². The van der Waals surface area contributed by atoms with E-state index in [2.05, 4.69) is 19.6 Å². The predicted octanol–water partition coefficient (Wildman–Crippen LogP) is 5.42. The Hall–Kier alpha value is -2.07. The van der Waals surface area contributed by atoms with Gasteiger partial charge in [-0.1, -0.05) is 56.8 Å². The molecule has 0 saturated carbocycles. The van der Waals surface area contributed by atoms with E-state index in [9.17, 15) is 4.79 Å². The van der Waals surface area contributed by atoms with E-state index in [-0.39, 0.29) is 5.78 Å². The number of ketones is 1. The summed E-state index contributed by atoms with van der Waals surface area (Å²) < 4.78 is 5.25. The molecule has 0 radical (unpaired) electrons. The van der Waals surface area contributed by atoms with E-state index in [1.54, 1.807) is 7.11 Å². The van der Waals surface area contributed by atoms with Gasteiger partial charge in [-0.3, -0.25) is 4.79 Å². The molecule has 25 heavy (non-hydrogen) atoms. The zero-order valence-electron chi connectivity index (χ0n) is 15.2. The van der Waals surface area contributed by atoms with Gasteiger partial charge in [0.1, 0.15) is 16.6 Å². The third-order valence-electron chi connectivity index (χ3n) is 3.95. The minimum Gasteiger partial charge on any atom is -0.497 e. The van der Waals surface area contributed by atoms with Gasteiger partial charge in [-0.25, -0.2) is 4.98 Å². The summed E-state index contributed by atoms with van der Waals surface area (Å²) in [6.07, 6.45) is 4.33. The normalized spacial score (nSPS) is 10.5. The maximum Gasteiger partial charge on any atom is 0.142 e. The summed E-state index contributed by atoms with van der Waals surface area (Å²) in [6, 6.07) is 10.1. The van der Waals surface area contributed by atoms with Crippen LogP contribution < -0.4 is 4.74 Å². The van der Waals surface area contributed by atoms with Crippen molar-refractivity contribution in [3.8, 4) is 16.9 Å². The highest BCUT2D eigenvalue weighted by Crippen LogP contribution is 2.33. The second kappa shape index (κ2) is 9.42. The molecule has 1 aromatic carbocycles. The lowest BCUT2D eigenvalue weighted by molar-refractivity contribution is -0.116. The first-order valence-electron chi connectivity index (χ1n) is 8.58. The number of hydrogen-bond donors (Lipinski definition) is 0. The third-order valence-corrected chi connectivity index (χ3v) is 5.00. The average Bonchev–Trinajstić information content (AvgIpc) is 2.65. The van der Waals surface area contributed by atoms with Crippen molar-refractivity contribution >= 4 is 23.6 Å². The molecule has 1 heterocycles. The molecule has 0 atom stereocenters. The van der Waals surface area contributed by atoms with Gasteiger partial charge >= 0.3 is 0 Å². The van der Waals surface area contributed by atoms with Gasteiger partial charge in [0, 0.05) is 17.7 Å². The molecule has 0 fully saturated rings. The fraction of sp³-hybridized carbons (Fsp3) is 0.333. The number of methoxy groups -OCH3 is 1. The van der Waals surface area contributed by atoms with Crippen LogP contribution in [0.15, 0.2) is 41.9 Å². The molecule has 4 heteroatoms. The van der Waals surface area contributed by atoms with Crippen LogP contribution in [0.4, 0.5) is 0 Å². The fourth-order valence-electron chi connectivity index (χ4n) is 2.53. The maximum absolute atomic E-state index is 11.7. The minimum atomic E-state index is 0.230. The van der Waals surface area contributed by atoms with Gasteiger partial charge in [0.05, 0.1) is 12.9 Å². The van der Waals surface area contributed by atoms with E-state index in [4.69, 9.17) is 9.72 Å². The van der Waals surface area contributed by atoms with E-state index in [1.807, 2.05) is 37.3 Å². The number of Topliss-reactive ketones (excluding diaryl/α,β-unsaturated/α-hetero) is 1. The minimum absolute atomic E-state index is 0.230. The molecule has 0 unspecified atom stereocenters. The van der Waals surface area contributed by atoms with Crippen molar-refractivity contribution in [3.05, 3.63) is 48.2 Å². The van der Waals surface area contributed by atoms with Crippen LogP contribution in [0.5, 0.6) is 5.75 Å². The van der Waals surface area contributed by atoms with Gasteiger partial charge in [-0.15, -0.1) is 0 Å². The van der Waals surface area contributed by atoms with Gasteiger partial charge in [0.25, 0.3) is 0 Å². The molecular formula is C21H25NO2S. The number of nitrogens with zero attached hydrogens (tertiary/aromatic N) is 1. The molecule has 1 aromatic heterocycles. The molecule has 2 aromatic rings. The number of pyridine rings is 1. The Kier molecular flexibility index (Phi) is 7.26. The van der Waals surface area contributed by atoms with Crippen LogP contribution in [0.1, 0.15) is 37.9 Å². The number of carbonyl (C=O) groups is 1. The largest absolute Gasteiger partial charge is 0.497 e. The van der Waals surface area contributed by atoms with Crippen molar-refractivity contribution in [1.29, 1.82) is 0 Å². The Balaban J connectivity index is 2.49. The van der Waals surface area contributed by atoms with E-state index >= 15 is 0 Å². The Morgan fingerprint density at radius 1 is 1.28 bits per heavy atom. The lowest BCUT2D eigenvalue weighted by atomic mass is 9.99. The van der Waals surface area contributed by atoms with Crippen LogP contribution in [-0.4, -0.2) is 23.6 Å². The molecule has 0 bridgehead atoms. The van der Waals surface area contributed by atoms with Crippen LogP contribution in [0, 0.1) is 0 Å². The van der Waals surface area contributed by atoms with Crippen molar-refractivity contribution < 1.29 is 9.53 Å². The molecular weight excluding hydrogens is 330 g/mol. The van der Waals surface area contributed by atoms with E-state index in [1.165, 1.54) is 11.8 Å². The molecule has 0 saturated heterocycles. The number of aromatic nitrogens is 1. The number of thioether (sulfide) groups is 1. The fourth-order valence-corrected chi connectivity index (χ4v) is 3.57. The van der Waals surface area contributed by atoms with Gasteiger partial charge in [-0.2, -0.15) is 0 Å². The van der Waals surface area contributed by atoms with Crippen LogP contribution in [-0.2, 0) is 11.2 Å². The zero-order chi connectivity index (χ0) is 18.2. The standard InChI is InChI=1S/C21H25NO2S/c1-5-8-16-13-20(15-9-11-18(24-4)12-10-15)19(7-3)21(22-16)25-14-17(23)6-2/h7,9-13H,3,5-6,8,14H2,1-2,4H3. The quantitative estimate of drug-likeness (QED) is 0.563. The SMILES string of the molecule is C=Cc1c(-c2ccc(OC)cc2)cc(CCC)nc1SCC(=O)CC. The lowest BCUT2D eigenvalue weighted by Gasteiger charge is -2.14. The Bertz CT molecular complexity index is 738. The number of hydrogen-bond acceptors (Lipinski definition) is 4. The summed E-state index contributed by atoms with van der Waals surface area (Å²) in [4.78, 5) is 16.5. The van der Waals surface area contributed by atoms with Crippen molar-refractivity contribution in [2.24, 2.45) is 0 Å². The summed E-state index contributed by atoms with van der Waals surface area (Å²) in [5.74, 6) is 1.51. The van der Waals surface area contributed by atoms with Crippen molar-refractivity contribution in [3.63, 3.8) is 0 Å². The number of ether oxygens (including phenoxy) is 1. The zero-order valence-corrected chi connectivity index (χ0v) is 16.0. The highest BCUT2D eigenvalue weighted by atomic mass is 32.2. The first-order chi connectivity index (χ1) is 12.1. The first kappa shape index (κ1) is 19.3. The predicted molar refractivity (Wildman–Crippen MR) is 106 cm³/mol. The van der Waals surface area contributed by atoms with Crippen LogP contribution >= 0.6 is 11.8 Å². The number of rotatable bonds is 9. The number of aryl methyl sites for hydroxylation is 1. The van der Waals surface area contributed by atoms with Crippen molar-refractivity contribution in [1.82, 2.24) is 4.98 Å². The molecule has 132 valence electrons. The van der Waals surface area contributed by atoms with Gasteiger partial charge in [-0.05, 0) is 35.7 Å². The van der Waals surface area contributed by atoms with Crippen molar-refractivity contribution in [2.45, 2.75) is 38.1 Å². The van der Waals surface area contributed by atoms with E-state index in [0.717, 1.165) is 46.0 Å². The molecule has 3 nitrogen and oxygen atoms in total. The lowest BCUT2D eigenvalue weighted by Crippen LogP contribution is -2.02.